The number of phenols is 1. The summed E-state index contributed by atoms with van der Waals surface area (Å²) in [6, 6.07) is 10.7. The van der Waals surface area contributed by atoms with Crippen molar-refractivity contribution in [3.63, 3.8) is 0 Å². The number of nitrogens with one attached hydrogen (secondary N) is 1. The molecule has 2 N–H and O–H groups in total. The highest BCUT2D eigenvalue weighted by atomic mass is 32.1. The van der Waals surface area contributed by atoms with Gasteiger partial charge >= 0.3 is 6.18 Å². The molecule has 0 aromatic heterocycles. The van der Waals surface area contributed by atoms with Gasteiger partial charge in [0.25, 0.3) is 5.91 Å². The number of thiocarbonyl (C=S) groups is 1. The second kappa shape index (κ2) is 6.21. The molecule has 0 unspecified atom stereocenters. The highest BCUT2D eigenvalue weighted by Gasteiger charge is 2.40. The zero-order chi connectivity index (χ0) is 18.2. The first-order valence-electron chi connectivity index (χ1n) is 7.10. The van der Waals surface area contributed by atoms with Crippen molar-refractivity contribution in [1.82, 2.24) is 5.32 Å². The number of benzene rings is 2. The zero-order valence-electron chi connectivity index (χ0n) is 12.5. The molecule has 2 aromatic rings. The van der Waals surface area contributed by atoms with Gasteiger partial charge in [0.2, 0.25) is 0 Å². The van der Waals surface area contributed by atoms with Crippen LogP contribution in [0.15, 0.2) is 54.2 Å². The number of rotatable bonds is 2. The van der Waals surface area contributed by atoms with Crippen LogP contribution in [0.1, 0.15) is 11.1 Å². The number of nitrogens with zero attached hydrogens (tertiary/aromatic N) is 1. The molecule has 0 spiro atoms. The predicted octanol–water partition coefficient (Wildman–Crippen LogP) is 3.67. The molecule has 1 fully saturated rings. The van der Waals surface area contributed by atoms with Crippen LogP contribution in [-0.4, -0.2) is 16.1 Å². The quantitative estimate of drug-likeness (QED) is 0.631. The minimum Gasteiger partial charge on any atom is -0.508 e. The van der Waals surface area contributed by atoms with Crippen LogP contribution in [0.25, 0.3) is 6.08 Å². The van der Waals surface area contributed by atoms with Crippen molar-refractivity contribution in [3.05, 3.63) is 65.4 Å². The number of phenolic OH excluding ortho intramolecular Hbond substituents is 1. The number of carbonyl (C=O) groups excluding carboxylic acids is 1. The van der Waals surface area contributed by atoms with Gasteiger partial charge in [-0.1, -0.05) is 24.3 Å². The molecule has 0 radical (unpaired) electrons. The van der Waals surface area contributed by atoms with Gasteiger partial charge < -0.3 is 10.4 Å². The summed E-state index contributed by atoms with van der Waals surface area (Å²) in [4.78, 5) is 13.4. The zero-order valence-corrected chi connectivity index (χ0v) is 13.4. The van der Waals surface area contributed by atoms with E-state index in [1.165, 1.54) is 36.4 Å². The second-order valence-electron chi connectivity index (χ2n) is 5.24. The number of hydrogen-bond donors (Lipinski definition) is 2. The normalized spacial score (nSPS) is 16.4. The molecule has 3 rings (SSSR count). The van der Waals surface area contributed by atoms with E-state index in [0.29, 0.717) is 5.56 Å². The molecule has 25 heavy (non-hydrogen) atoms. The van der Waals surface area contributed by atoms with E-state index >= 15 is 0 Å². The summed E-state index contributed by atoms with van der Waals surface area (Å²) in [5.74, 6) is -0.626. The Kier molecular flexibility index (Phi) is 4.22. The van der Waals surface area contributed by atoms with Gasteiger partial charge in [-0.05, 0) is 48.1 Å². The minimum atomic E-state index is -4.62. The van der Waals surface area contributed by atoms with E-state index in [-0.39, 0.29) is 22.2 Å². The summed E-state index contributed by atoms with van der Waals surface area (Å²) in [6.07, 6.45) is -3.17. The molecule has 1 aliphatic heterocycles. The monoisotopic (exact) mass is 364 g/mol. The van der Waals surface area contributed by atoms with Crippen molar-refractivity contribution < 1.29 is 23.1 Å². The molecule has 1 saturated heterocycles. The number of anilines is 1. The Bertz CT molecular complexity index is 876. The molecule has 0 atom stereocenters. The van der Waals surface area contributed by atoms with E-state index in [0.717, 1.165) is 11.0 Å². The van der Waals surface area contributed by atoms with Crippen LogP contribution in [0, 0.1) is 0 Å². The molecular weight excluding hydrogens is 353 g/mol. The van der Waals surface area contributed by atoms with Crippen LogP contribution in [0.3, 0.4) is 0 Å². The highest BCUT2D eigenvalue weighted by Crippen LogP contribution is 2.37. The maximum atomic E-state index is 13.2. The fourth-order valence-corrected chi connectivity index (χ4v) is 2.69. The number of aromatic hydroxyl groups is 1. The lowest BCUT2D eigenvalue weighted by atomic mass is 10.1. The maximum Gasteiger partial charge on any atom is 0.418 e. The molecule has 0 aliphatic carbocycles. The average molecular weight is 364 g/mol. The van der Waals surface area contributed by atoms with Crippen molar-refractivity contribution in [2.45, 2.75) is 6.18 Å². The SMILES string of the molecule is O=C1C(=Cc2ccc(O)cc2)NC(=S)N1c1ccccc1C(F)(F)F. The van der Waals surface area contributed by atoms with Gasteiger partial charge in [0.05, 0.1) is 11.3 Å². The number of hydrogen-bond acceptors (Lipinski definition) is 3. The topological polar surface area (TPSA) is 52.6 Å². The summed E-state index contributed by atoms with van der Waals surface area (Å²) < 4.78 is 39.6. The standard InChI is InChI=1S/C17H11F3N2O2S/c18-17(19,20)12-3-1-2-4-14(12)22-15(24)13(21-16(22)25)9-10-5-7-11(23)8-6-10/h1-9,23H,(H,21,25). The van der Waals surface area contributed by atoms with E-state index < -0.39 is 17.6 Å². The number of amides is 1. The van der Waals surface area contributed by atoms with E-state index in [9.17, 15) is 23.1 Å². The first-order valence-corrected chi connectivity index (χ1v) is 7.50. The number of para-hydroxylation sites is 1. The summed E-state index contributed by atoms with van der Waals surface area (Å²) >= 11 is 5.04. The average Bonchev–Trinajstić information content (AvgIpc) is 2.83. The number of alkyl halides is 3. The highest BCUT2D eigenvalue weighted by molar-refractivity contribution is 7.80. The number of carbonyl (C=O) groups is 1. The van der Waals surface area contributed by atoms with Gasteiger partial charge in [-0.3, -0.25) is 9.69 Å². The fourth-order valence-electron chi connectivity index (χ4n) is 2.40. The van der Waals surface area contributed by atoms with Crippen molar-refractivity contribution in [1.29, 1.82) is 0 Å². The third-order valence-electron chi connectivity index (χ3n) is 3.53. The van der Waals surface area contributed by atoms with Crippen LogP contribution in [-0.2, 0) is 11.0 Å². The molecular formula is C17H11F3N2O2S. The van der Waals surface area contributed by atoms with Gasteiger partial charge in [-0.25, -0.2) is 0 Å². The van der Waals surface area contributed by atoms with Gasteiger partial charge in [0.1, 0.15) is 11.4 Å². The second-order valence-corrected chi connectivity index (χ2v) is 5.62. The summed E-state index contributed by atoms with van der Waals surface area (Å²) in [5, 5.41) is 11.8. The van der Waals surface area contributed by atoms with E-state index in [1.54, 1.807) is 12.1 Å². The molecule has 4 nitrogen and oxygen atoms in total. The maximum absolute atomic E-state index is 13.2. The Labute approximate surface area is 146 Å². The summed E-state index contributed by atoms with van der Waals surface area (Å²) in [7, 11) is 0. The van der Waals surface area contributed by atoms with Gasteiger partial charge in [-0.15, -0.1) is 0 Å². The van der Waals surface area contributed by atoms with E-state index in [4.69, 9.17) is 12.2 Å². The van der Waals surface area contributed by atoms with Crippen molar-refractivity contribution in [2.75, 3.05) is 4.90 Å². The predicted molar refractivity (Wildman–Crippen MR) is 90.7 cm³/mol. The first kappa shape index (κ1) is 17.0. The lowest BCUT2D eigenvalue weighted by molar-refractivity contribution is -0.137. The lowest BCUT2D eigenvalue weighted by Crippen LogP contribution is -2.32. The minimum absolute atomic E-state index is 0.0488. The Morgan fingerprint density at radius 3 is 2.36 bits per heavy atom. The largest absolute Gasteiger partial charge is 0.508 e. The van der Waals surface area contributed by atoms with E-state index in [2.05, 4.69) is 5.32 Å². The van der Waals surface area contributed by atoms with Gasteiger partial charge in [0, 0.05) is 0 Å². The van der Waals surface area contributed by atoms with Gasteiger partial charge in [-0.2, -0.15) is 13.2 Å². The van der Waals surface area contributed by atoms with Crippen LogP contribution in [0.2, 0.25) is 0 Å². The summed E-state index contributed by atoms with van der Waals surface area (Å²) in [6.45, 7) is 0. The molecule has 2 aromatic carbocycles. The molecule has 1 aliphatic rings. The molecule has 1 amide bonds. The summed E-state index contributed by atoms with van der Waals surface area (Å²) in [5.41, 5.74) is -0.639. The molecule has 1 heterocycles. The first-order chi connectivity index (χ1) is 11.8. The smallest absolute Gasteiger partial charge is 0.418 e. The third kappa shape index (κ3) is 3.34. The molecule has 0 bridgehead atoms. The Morgan fingerprint density at radius 1 is 1.08 bits per heavy atom. The third-order valence-corrected chi connectivity index (χ3v) is 3.82. The molecule has 128 valence electrons. The Morgan fingerprint density at radius 2 is 1.72 bits per heavy atom. The Hall–Kier alpha value is -2.87. The van der Waals surface area contributed by atoms with Crippen LogP contribution in [0.5, 0.6) is 5.75 Å². The molecule has 0 saturated carbocycles. The van der Waals surface area contributed by atoms with Crippen LogP contribution in [0.4, 0.5) is 18.9 Å². The Balaban J connectivity index is 1.99. The molecule has 8 heteroatoms. The lowest BCUT2D eigenvalue weighted by Gasteiger charge is -2.19. The fraction of sp³-hybridized carbons (Fsp3) is 0.0588. The van der Waals surface area contributed by atoms with Crippen molar-refractivity contribution in [3.8, 4) is 5.75 Å². The van der Waals surface area contributed by atoms with Crippen molar-refractivity contribution >= 4 is 35.0 Å². The number of halogens is 3. The van der Waals surface area contributed by atoms with E-state index in [1.807, 2.05) is 0 Å². The van der Waals surface area contributed by atoms with Crippen molar-refractivity contribution in [2.24, 2.45) is 0 Å². The van der Waals surface area contributed by atoms with Gasteiger partial charge in [0.15, 0.2) is 5.11 Å². The van der Waals surface area contributed by atoms with Crippen LogP contribution < -0.4 is 10.2 Å². The van der Waals surface area contributed by atoms with Crippen LogP contribution >= 0.6 is 12.2 Å².